The van der Waals surface area contributed by atoms with Gasteiger partial charge in [0.2, 0.25) is 11.0 Å². The highest BCUT2D eigenvalue weighted by Crippen LogP contribution is 2.35. The van der Waals surface area contributed by atoms with Gasteiger partial charge in [-0.15, -0.1) is 10.2 Å². The number of nitrogens with zero attached hydrogens (tertiary/aromatic N) is 3. The van der Waals surface area contributed by atoms with Gasteiger partial charge in [0.15, 0.2) is 4.34 Å². The van der Waals surface area contributed by atoms with Crippen molar-refractivity contribution in [3.8, 4) is 5.75 Å². The molecule has 6 nitrogen and oxygen atoms in total. The Hall–Kier alpha value is -2.58. The Labute approximate surface area is 184 Å². The molecule has 0 radical (unpaired) electrons. The Bertz CT molecular complexity index is 1020. The second-order valence-corrected chi connectivity index (χ2v) is 9.30. The van der Waals surface area contributed by atoms with E-state index < -0.39 is 0 Å². The minimum atomic E-state index is 0.108. The average molecular weight is 441 g/mol. The molecular weight excluding hydrogens is 416 g/mol. The van der Waals surface area contributed by atoms with Gasteiger partial charge in [-0.2, -0.15) is 0 Å². The molecule has 1 heterocycles. The van der Waals surface area contributed by atoms with Crippen molar-refractivity contribution in [2.45, 2.75) is 29.6 Å². The van der Waals surface area contributed by atoms with Crippen molar-refractivity contribution in [2.75, 3.05) is 25.2 Å². The van der Waals surface area contributed by atoms with Gasteiger partial charge >= 0.3 is 0 Å². The van der Waals surface area contributed by atoms with Gasteiger partial charge in [0.1, 0.15) is 5.75 Å². The number of rotatable bonds is 7. The summed E-state index contributed by atoms with van der Waals surface area (Å²) >= 11 is 2.85. The van der Waals surface area contributed by atoms with Gasteiger partial charge in [-0.05, 0) is 42.5 Å². The number of carbonyl (C=O) groups excluding carboxylic acids is 1. The minimum absolute atomic E-state index is 0.108. The molecule has 1 unspecified atom stereocenters. The number of nitrogens with one attached hydrogen (secondary N) is 1. The first-order valence-electron chi connectivity index (χ1n) is 9.85. The number of fused-ring (bicyclic) bond motifs is 1. The molecule has 30 heavy (non-hydrogen) atoms. The number of aromatic nitrogens is 2. The molecule has 4 rings (SSSR count). The van der Waals surface area contributed by atoms with E-state index in [1.54, 1.807) is 7.11 Å². The summed E-state index contributed by atoms with van der Waals surface area (Å²) < 4.78 is 6.11. The molecule has 1 amide bonds. The van der Waals surface area contributed by atoms with Gasteiger partial charge < -0.3 is 15.0 Å². The zero-order valence-corrected chi connectivity index (χ0v) is 18.6. The summed E-state index contributed by atoms with van der Waals surface area (Å²) in [4.78, 5) is 14.7. The van der Waals surface area contributed by atoms with E-state index in [0.29, 0.717) is 10.9 Å². The van der Waals surface area contributed by atoms with Crippen molar-refractivity contribution in [3.63, 3.8) is 0 Å². The van der Waals surface area contributed by atoms with E-state index in [9.17, 15) is 4.79 Å². The molecule has 1 aliphatic carbocycles. The molecule has 8 heteroatoms. The van der Waals surface area contributed by atoms with Crippen molar-refractivity contribution in [3.05, 3.63) is 59.7 Å². The summed E-state index contributed by atoms with van der Waals surface area (Å²) in [5.74, 6) is 1.20. The van der Waals surface area contributed by atoms with Gasteiger partial charge in [0.25, 0.3) is 0 Å². The summed E-state index contributed by atoms with van der Waals surface area (Å²) in [7, 11) is 3.54. The molecule has 0 saturated carbocycles. The lowest BCUT2D eigenvalue weighted by molar-refractivity contribution is -0.129. The first-order valence-corrected chi connectivity index (χ1v) is 11.7. The van der Waals surface area contributed by atoms with E-state index in [-0.39, 0.29) is 11.9 Å². The quantitative estimate of drug-likeness (QED) is 0.526. The monoisotopic (exact) mass is 440 g/mol. The lowest BCUT2D eigenvalue weighted by Crippen LogP contribution is -2.34. The zero-order valence-electron chi connectivity index (χ0n) is 17.0. The van der Waals surface area contributed by atoms with Crippen LogP contribution in [0.4, 0.5) is 10.8 Å². The number of anilines is 2. The SMILES string of the molecule is COc1ccccc1Nc1nnc(SCC(=O)N(C)C2CCCc3ccccc32)s1. The predicted molar refractivity (Wildman–Crippen MR) is 122 cm³/mol. The number of carbonyl (C=O) groups is 1. The Morgan fingerprint density at radius 2 is 2.03 bits per heavy atom. The smallest absolute Gasteiger partial charge is 0.233 e. The summed E-state index contributed by atoms with van der Waals surface area (Å²) in [5.41, 5.74) is 3.47. The summed E-state index contributed by atoms with van der Waals surface area (Å²) in [6.07, 6.45) is 3.22. The van der Waals surface area contributed by atoms with Gasteiger partial charge in [0, 0.05) is 7.05 Å². The van der Waals surface area contributed by atoms with E-state index in [1.165, 1.54) is 34.2 Å². The molecule has 0 spiro atoms. The van der Waals surface area contributed by atoms with Crippen LogP contribution in [-0.4, -0.2) is 40.9 Å². The number of hydrogen-bond acceptors (Lipinski definition) is 7. The maximum Gasteiger partial charge on any atom is 0.233 e. The molecule has 0 bridgehead atoms. The fourth-order valence-corrected chi connectivity index (χ4v) is 5.40. The van der Waals surface area contributed by atoms with Crippen molar-refractivity contribution in [1.82, 2.24) is 15.1 Å². The van der Waals surface area contributed by atoms with Crippen LogP contribution in [0.5, 0.6) is 5.75 Å². The summed E-state index contributed by atoms with van der Waals surface area (Å²) in [6.45, 7) is 0. The number of benzene rings is 2. The highest BCUT2D eigenvalue weighted by molar-refractivity contribution is 8.01. The van der Waals surface area contributed by atoms with Gasteiger partial charge in [0.05, 0.1) is 24.6 Å². The first kappa shape index (κ1) is 20.7. The van der Waals surface area contributed by atoms with Crippen molar-refractivity contribution < 1.29 is 9.53 Å². The third-order valence-corrected chi connectivity index (χ3v) is 7.23. The number of methoxy groups -OCH3 is 1. The van der Waals surface area contributed by atoms with E-state index in [4.69, 9.17) is 4.74 Å². The zero-order chi connectivity index (χ0) is 20.9. The highest BCUT2D eigenvalue weighted by atomic mass is 32.2. The molecule has 1 N–H and O–H groups in total. The largest absolute Gasteiger partial charge is 0.495 e. The molecule has 1 aromatic heterocycles. The van der Waals surface area contributed by atoms with Crippen LogP contribution < -0.4 is 10.1 Å². The van der Waals surface area contributed by atoms with Gasteiger partial charge in [-0.25, -0.2) is 0 Å². The first-order chi connectivity index (χ1) is 14.7. The van der Waals surface area contributed by atoms with Crippen LogP contribution in [0.15, 0.2) is 52.9 Å². The molecule has 0 fully saturated rings. The van der Waals surface area contributed by atoms with Gasteiger partial charge in [-0.3, -0.25) is 4.79 Å². The summed E-state index contributed by atoms with van der Waals surface area (Å²) in [5, 5.41) is 12.3. The van der Waals surface area contributed by atoms with Crippen molar-refractivity contribution >= 4 is 39.8 Å². The normalized spacial score (nSPS) is 15.3. The Morgan fingerprint density at radius 3 is 2.90 bits per heavy atom. The lowest BCUT2D eigenvalue weighted by atomic mass is 9.87. The molecule has 0 saturated heterocycles. The van der Waals surface area contributed by atoms with Crippen LogP contribution in [0.25, 0.3) is 0 Å². The van der Waals surface area contributed by atoms with E-state index >= 15 is 0 Å². The Kier molecular flexibility index (Phi) is 6.54. The molecule has 1 atom stereocenters. The maximum atomic E-state index is 12.8. The average Bonchev–Trinajstić information content (AvgIpc) is 3.24. The van der Waals surface area contributed by atoms with E-state index in [1.807, 2.05) is 36.2 Å². The predicted octanol–water partition coefficient (Wildman–Crippen LogP) is 4.92. The standard InChI is InChI=1S/C22H24N4O2S2/c1-26(18-12-7-9-15-8-3-4-10-16(15)18)20(27)14-29-22-25-24-21(30-22)23-17-11-5-6-13-19(17)28-2/h3-6,8,10-11,13,18H,7,9,12,14H2,1-2H3,(H,23,24). The number of thioether (sulfide) groups is 1. The fourth-order valence-electron chi connectivity index (χ4n) is 3.71. The van der Waals surface area contributed by atoms with Crippen LogP contribution >= 0.6 is 23.1 Å². The van der Waals surface area contributed by atoms with Crippen LogP contribution in [0.3, 0.4) is 0 Å². The maximum absolute atomic E-state index is 12.8. The van der Waals surface area contributed by atoms with E-state index in [0.717, 1.165) is 35.0 Å². The van der Waals surface area contributed by atoms with Crippen LogP contribution in [0, 0.1) is 0 Å². The Balaban J connectivity index is 1.36. The van der Waals surface area contributed by atoms with Crippen LogP contribution in [0.2, 0.25) is 0 Å². The second kappa shape index (κ2) is 9.49. The molecule has 0 aliphatic heterocycles. The van der Waals surface area contributed by atoms with Crippen LogP contribution in [0.1, 0.15) is 30.0 Å². The fraction of sp³-hybridized carbons (Fsp3) is 0.318. The second-order valence-electron chi connectivity index (χ2n) is 7.10. The summed E-state index contributed by atoms with van der Waals surface area (Å²) in [6, 6.07) is 16.3. The number of para-hydroxylation sites is 2. The van der Waals surface area contributed by atoms with Crippen molar-refractivity contribution in [2.24, 2.45) is 0 Å². The molecule has 1 aliphatic rings. The topological polar surface area (TPSA) is 67.3 Å². The number of aryl methyl sites for hydroxylation is 1. The van der Waals surface area contributed by atoms with E-state index in [2.05, 4.69) is 39.8 Å². The minimum Gasteiger partial charge on any atom is -0.495 e. The highest BCUT2D eigenvalue weighted by Gasteiger charge is 2.26. The molecule has 2 aromatic carbocycles. The molecule has 156 valence electrons. The van der Waals surface area contributed by atoms with Crippen molar-refractivity contribution in [1.29, 1.82) is 0 Å². The third kappa shape index (κ3) is 4.60. The van der Waals surface area contributed by atoms with Crippen LogP contribution in [-0.2, 0) is 11.2 Å². The number of ether oxygens (including phenoxy) is 1. The molecule has 3 aromatic rings. The number of hydrogen-bond donors (Lipinski definition) is 1. The Morgan fingerprint density at radius 1 is 1.23 bits per heavy atom. The third-order valence-electron chi connectivity index (χ3n) is 5.27. The molecular formula is C22H24N4O2S2. The van der Waals surface area contributed by atoms with Gasteiger partial charge in [-0.1, -0.05) is 59.5 Å². The lowest BCUT2D eigenvalue weighted by Gasteiger charge is -2.33. The number of amides is 1.